The molecule has 0 saturated carbocycles. The van der Waals surface area contributed by atoms with Crippen molar-refractivity contribution < 1.29 is 17.4 Å². The highest BCUT2D eigenvalue weighted by molar-refractivity contribution is 7.82. The Labute approximate surface area is 132 Å². The summed E-state index contributed by atoms with van der Waals surface area (Å²) in [5, 5.41) is 9.37. The van der Waals surface area contributed by atoms with Gasteiger partial charge in [0.05, 0.1) is 17.6 Å². The molecule has 2 aromatic heterocycles. The maximum atomic E-state index is 12.9. The summed E-state index contributed by atoms with van der Waals surface area (Å²) in [6, 6.07) is 0. The Morgan fingerprint density at radius 2 is 2.09 bits per heavy atom. The summed E-state index contributed by atoms with van der Waals surface area (Å²) in [4.78, 5) is 7.54. The Bertz CT molecular complexity index is 730. The molecule has 0 radical (unpaired) electrons. The molecule has 2 rings (SSSR count). The fourth-order valence-electron chi connectivity index (χ4n) is 1.76. The Hall–Kier alpha value is -2.17. The van der Waals surface area contributed by atoms with Gasteiger partial charge in [0.2, 0.25) is 5.95 Å². The van der Waals surface area contributed by atoms with Gasteiger partial charge in [-0.2, -0.15) is 27.3 Å². The molecule has 2 heterocycles. The van der Waals surface area contributed by atoms with Crippen molar-refractivity contribution in [2.75, 3.05) is 23.4 Å². The minimum absolute atomic E-state index is 0.0153. The van der Waals surface area contributed by atoms with Crippen molar-refractivity contribution in [3.63, 3.8) is 0 Å². The Kier molecular flexibility index (Phi) is 4.88. The summed E-state index contributed by atoms with van der Waals surface area (Å²) in [7, 11) is -1.34. The highest BCUT2D eigenvalue weighted by Gasteiger charge is 2.35. The lowest BCUT2D eigenvalue weighted by Crippen LogP contribution is -2.14. The normalized spacial score (nSPS) is 13.0. The maximum absolute atomic E-state index is 12.9. The SMILES string of the molecule is CCNc1nc(Nc2cn(S(C)=O)nc2C)ncc1C(F)(F)F. The number of hydrogen-bond donors (Lipinski definition) is 2. The third-order valence-electron chi connectivity index (χ3n) is 2.83. The van der Waals surface area contributed by atoms with E-state index in [1.165, 1.54) is 16.5 Å². The number of nitrogens with zero attached hydrogens (tertiary/aromatic N) is 4. The predicted octanol–water partition coefficient (Wildman–Crippen LogP) is 2.32. The van der Waals surface area contributed by atoms with E-state index in [9.17, 15) is 17.4 Å². The summed E-state index contributed by atoms with van der Waals surface area (Å²) in [6.45, 7) is 3.62. The quantitative estimate of drug-likeness (QED) is 0.863. The van der Waals surface area contributed by atoms with Crippen LogP contribution in [0.2, 0.25) is 0 Å². The van der Waals surface area contributed by atoms with Gasteiger partial charge in [-0.25, -0.2) is 9.19 Å². The Morgan fingerprint density at radius 3 is 2.61 bits per heavy atom. The number of nitrogens with one attached hydrogen (secondary N) is 2. The van der Waals surface area contributed by atoms with Gasteiger partial charge in [0.1, 0.15) is 22.4 Å². The Morgan fingerprint density at radius 1 is 1.39 bits per heavy atom. The minimum Gasteiger partial charge on any atom is -0.370 e. The van der Waals surface area contributed by atoms with Crippen LogP contribution in [0.5, 0.6) is 0 Å². The summed E-state index contributed by atoms with van der Waals surface area (Å²) in [5.41, 5.74) is 0.0445. The highest BCUT2D eigenvalue weighted by atomic mass is 32.2. The fraction of sp³-hybridized carbons (Fsp3) is 0.417. The molecule has 23 heavy (non-hydrogen) atoms. The van der Waals surface area contributed by atoms with Crippen LogP contribution in [-0.2, 0) is 17.2 Å². The van der Waals surface area contributed by atoms with Gasteiger partial charge >= 0.3 is 6.18 Å². The first-order chi connectivity index (χ1) is 10.7. The van der Waals surface area contributed by atoms with Crippen LogP contribution in [-0.4, -0.2) is 36.2 Å². The molecule has 2 aromatic rings. The smallest absolute Gasteiger partial charge is 0.370 e. The molecule has 11 heteroatoms. The van der Waals surface area contributed by atoms with E-state index in [4.69, 9.17) is 0 Å². The van der Waals surface area contributed by atoms with Gasteiger partial charge in [0.25, 0.3) is 0 Å². The monoisotopic (exact) mass is 348 g/mol. The van der Waals surface area contributed by atoms with Gasteiger partial charge < -0.3 is 10.6 Å². The van der Waals surface area contributed by atoms with Gasteiger partial charge in [-0.15, -0.1) is 0 Å². The van der Waals surface area contributed by atoms with E-state index in [-0.39, 0.29) is 18.3 Å². The zero-order valence-corrected chi connectivity index (χ0v) is 13.4. The molecule has 126 valence electrons. The van der Waals surface area contributed by atoms with Crippen molar-refractivity contribution in [2.24, 2.45) is 0 Å². The van der Waals surface area contributed by atoms with Crippen LogP contribution in [0.4, 0.5) is 30.6 Å². The number of aryl methyl sites for hydroxylation is 1. The summed E-state index contributed by atoms with van der Waals surface area (Å²) in [6.07, 6.45) is -0.908. The first-order valence-electron chi connectivity index (χ1n) is 6.57. The first kappa shape index (κ1) is 17.2. The largest absolute Gasteiger partial charge is 0.421 e. The molecule has 0 aromatic carbocycles. The average Bonchev–Trinajstić information content (AvgIpc) is 2.80. The number of alkyl halides is 3. The van der Waals surface area contributed by atoms with Crippen LogP contribution >= 0.6 is 0 Å². The second kappa shape index (κ2) is 6.52. The number of rotatable bonds is 5. The average molecular weight is 348 g/mol. The van der Waals surface area contributed by atoms with Crippen LogP contribution < -0.4 is 10.6 Å². The molecule has 0 spiro atoms. The summed E-state index contributed by atoms with van der Waals surface area (Å²) >= 11 is 0. The van der Waals surface area contributed by atoms with E-state index in [1.807, 2.05) is 0 Å². The molecule has 1 atom stereocenters. The number of aromatic nitrogens is 4. The fourth-order valence-corrected chi connectivity index (χ4v) is 2.25. The van der Waals surface area contributed by atoms with E-state index in [0.29, 0.717) is 17.6 Å². The molecule has 0 aliphatic carbocycles. The van der Waals surface area contributed by atoms with E-state index in [2.05, 4.69) is 25.7 Å². The van der Waals surface area contributed by atoms with Crippen LogP contribution in [0.3, 0.4) is 0 Å². The summed E-state index contributed by atoms with van der Waals surface area (Å²) in [5.74, 6) is -0.319. The van der Waals surface area contributed by atoms with E-state index < -0.39 is 22.7 Å². The van der Waals surface area contributed by atoms with Crippen LogP contribution in [0.1, 0.15) is 18.2 Å². The van der Waals surface area contributed by atoms with Crippen molar-refractivity contribution in [3.05, 3.63) is 23.7 Å². The number of anilines is 3. The molecule has 0 aliphatic rings. The van der Waals surface area contributed by atoms with Gasteiger partial charge in [0, 0.05) is 19.0 Å². The second-order valence-corrected chi connectivity index (χ2v) is 5.79. The molecule has 2 N–H and O–H groups in total. The third kappa shape index (κ3) is 3.97. The molecule has 0 fully saturated rings. The molecule has 7 nitrogen and oxygen atoms in total. The minimum atomic E-state index is -4.55. The van der Waals surface area contributed by atoms with Crippen molar-refractivity contribution in [1.29, 1.82) is 0 Å². The van der Waals surface area contributed by atoms with Gasteiger partial charge in [-0.05, 0) is 13.8 Å². The number of halogens is 3. The second-order valence-electron chi connectivity index (χ2n) is 4.56. The van der Waals surface area contributed by atoms with E-state index in [0.717, 1.165) is 0 Å². The van der Waals surface area contributed by atoms with Gasteiger partial charge in [-0.3, -0.25) is 0 Å². The highest BCUT2D eigenvalue weighted by Crippen LogP contribution is 2.34. The van der Waals surface area contributed by atoms with Crippen molar-refractivity contribution >= 4 is 28.4 Å². The predicted molar refractivity (Wildman–Crippen MR) is 80.9 cm³/mol. The van der Waals surface area contributed by atoms with Crippen LogP contribution in [0.25, 0.3) is 0 Å². The maximum Gasteiger partial charge on any atom is 0.421 e. The molecule has 0 aliphatic heterocycles. The number of hydrogen-bond acceptors (Lipinski definition) is 6. The summed E-state index contributed by atoms with van der Waals surface area (Å²) < 4.78 is 51.3. The topological polar surface area (TPSA) is 84.7 Å². The lowest BCUT2D eigenvalue weighted by atomic mass is 10.3. The van der Waals surface area contributed by atoms with Crippen molar-refractivity contribution in [3.8, 4) is 0 Å². The van der Waals surface area contributed by atoms with Crippen molar-refractivity contribution in [1.82, 2.24) is 19.2 Å². The zero-order valence-electron chi connectivity index (χ0n) is 12.6. The molecule has 1 unspecified atom stereocenters. The van der Waals surface area contributed by atoms with Crippen LogP contribution in [0, 0.1) is 6.92 Å². The first-order valence-corrected chi connectivity index (χ1v) is 8.09. The lowest BCUT2D eigenvalue weighted by Gasteiger charge is -2.13. The zero-order chi connectivity index (χ0) is 17.2. The van der Waals surface area contributed by atoms with Gasteiger partial charge in [-0.1, -0.05) is 0 Å². The lowest BCUT2D eigenvalue weighted by molar-refractivity contribution is -0.137. The van der Waals surface area contributed by atoms with E-state index in [1.54, 1.807) is 13.8 Å². The molecular weight excluding hydrogens is 333 g/mol. The molecular formula is C12H15F3N6OS. The Balaban J connectivity index is 2.34. The third-order valence-corrected chi connectivity index (χ3v) is 3.54. The van der Waals surface area contributed by atoms with Crippen molar-refractivity contribution in [2.45, 2.75) is 20.0 Å². The molecule has 0 bridgehead atoms. The van der Waals surface area contributed by atoms with Crippen LogP contribution in [0.15, 0.2) is 12.4 Å². The van der Waals surface area contributed by atoms with E-state index >= 15 is 0 Å². The molecule has 0 amide bonds. The van der Waals surface area contributed by atoms with Gasteiger partial charge in [0.15, 0.2) is 0 Å². The molecule has 0 saturated heterocycles. The standard InChI is InChI=1S/C12H15F3N6OS/c1-4-16-10-8(12(13,14)15)5-17-11(19-10)18-9-6-21(23(3)22)20-7(9)2/h5-6H,4H2,1-3H3,(H2,16,17,18,19).